The lowest BCUT2D eigenvalue weighted by molar-refractivity contribution is 0.670. The second-order valence-electron chi connectivity index (χ2n) is 13.5. The standard InChI is InChI=1S/C49H33N3O/c1-4-14-32(15-5-1)33-26-28-36(29-27-33)48-50-47(35-18-8-3-9-19-35)51-49(52-48)43-24-13-25-44-45(43)42-23-12-22-41(46(42)53-44)40-31-30-37(34-16-6-2-7-17-34)38-20-10-11-21-39(38)40/h1-26,28,30-31H,27,29H2. The Hall–Kier alpha value is -6.91. The maximum atomic E-state index is 6.79. The highest BCUT2D eigenvalue weighted by molar-refractivity contribution is 6.17. The van der Waals surface area contributed by atoms with Crippen molar-refractivity contribution in [3.05, 3.63) is 187 Å². The Morgan fingerprint density at radius 2 is 0.906 bits per heavy atom. The fourth-order valence-electron chi connectivity index (χ4n) is 7.72. The Morgan fingerprint density at radius 3 is 1.64 bits per heavy atom. The summed E-state index contributed by atoms with van der Waals surface area (Å²) in [6.45, 7) is 0. The summed E-state index contributed by atoms with van der Waals surface area (Å²) in [5, 5.41) is 4.41. The van der Waals surface area contributed by atoms with Crippen molar-refractivity contribution in [1.29, 1.82) is 0 Å². The lowest BCUT2D eigenvalue weighted by Crippen LogP contribution is -2.04. The summed E-state index contributed by atoms with van der Waals surface area (Å²) in [5.74, 6) is 1.98. The van der Waals surface area contributed by atoms with Crippen molar-refractivity contribution in [3.63, 3.8) is 0 Å². The van der Waals surface area contributed by atoms with Crippen molar-refractivity contribution in [2.75, 3.05) is 0 Å². The fourth-order valence-corrected chi connectivity index (χ4v) is 7.72. The van der Waals surface area contributed by atoms with E-state index < -0.39 is 0 Å². The van der Waals surface area contributed by atoms with E-state index in [4.69, 9.17) is 19.4 Å². The second-order valence-corrected chi connectivity index (χ2v) is 13.5. The summed E-state index contributed by atoms with van der Waals surface area (Å²) in [4.78, 5) is 15.4. The lowest BCUT2D eigenvalue weighted by Gasteiger charge is -2.16. The highest BCUT2D eigenvalue weighted by atomic mass is 16.3. The molecule has 7 aromatic carbocycles. The van der Waals surface area contributed by atoms with Crippen molar-refractivity contribution in [3.8, 4) is 45.0 Å². The van der Waals surface area contributed by atoms with Crippen molar-refractivity contribution < 1.29 is 4.42 Å². The Labute approximate surface area is 307 Å². The summed E-state index contributed by atoms with van der Waals surface area (Å²) < 4.78 is 6.79. The predicted molar refractivity (Wildman–Crippen MR) is 218 cm³/mol. The lowest BCUT2D eigenvalue weighted by atomic mass is 9.91. The second kappa shape index (κ2) is 13.0. The first-order valence-electron chi connectivity index (χ1n) is 18.1. The van der Waals surface area contributed by atoms with Crippen molar-refractivity contribution in [1.82, 2.24) is 15.0 Å². The molecular weight excluding hydrogens is 647 g/mol. The van der Waals surface area contributed by atoms with Crippen LogP contribution < -0.4 is 0 Å². The molecule has 250 valence electrons. The molecule has 0 fully saturated rings. The van der Waals surface area contributed by atoms with E-state index >= 15 is 0 Å². The van der Waals surface area contributed by atoms with Gasteiger partial charge in [-0.1, -0.05) is 170 Å². The van der Waals surface area contributed by atoms with Gasteiger partial charge in [0.2, 0.25) is 0 Å². The molecule has 10 rings (SSSR count). The van der Waals surface area contributed by atoms with Gasteiger partial charge in [0.15, 0.2) is 17.5 Å². The van der Waals surface area contributed by atoms with E-state index in [1.54, 1.807) is 0 Å². The highest BCUT2D eigenvalue weighted by Crippen LogP contribution is 2.43. The zero-order valence-corrected chi connectivity index (χ0v) is 28.9. The van der Waals surface area contributed by atoms with Crippen LogP contribution in [0.5, 0.6) is 0 Å². The number of para-hydroxylation sites is 1. The third-order valence-corrected chi connectivity index (χ3v) is 10.3. The zero-order chi connectivity index (χ0) is 35.1. The summed E-state index contributed by atoms with van der Waals surface area (Å²) in [6.07, 6.45) is 6.15. The molecule has 2 aromatic heterocycles. The first kappa shape index (κ1) is 30.9. The summed E-state index contributed by atoms with van der Waals surface area (Å²) in [5.41, 5.74) is 11.8. The predicted octanol–water partition coefficient (Wildman–Crippen LogP) is 12.9. The van der Waals surface area contributed by atoms with E-state index in [0.29, 0.717) is 17.5 Å². The Morgan fingerprint density at radius 1 is 0.358 bits per heavy atom. The largest absolute Gasteiger partial charge is 0.455 e. The van der Waals surface area contributed by atoms with Crippen LogP contribution in [-0.4, -0.2) is 15.0 Å². The van der Waals surface area contributed by atoms with E-state index in [9.17, 15) is 0 Å². The van der Waals surface area contributed by atoms with Crippen LogP contribution in [0.3, 0.4) is 0 Å². The molecule has 0 amide bonds. The molecule has 1 aliphatic rings. The van der Waals surface area contributed by atoms with E-state index in [1.165, 1.54) is 33.0 Å². The number of allylic oxidation sites excluding steroid dienone is 4. The molecule has 0 aliphatic heterocycles. The van der Waals surface area contributed by atoms with Crippen LogP contribution in [0, 0.1) is 0 Å². The molecule has 0 N–H and O–H groups in total. The van der Waals surface area contributed by atoms with Gasteiger partial charge in [-0.25, -0.2) is 15.0 Å². The van der Waals surface area contributed by atoms with E-state index in [0.717, 1.165) is 62.6 Å². The van der Waals surface area contributed by atoms with E-state index in [1.807, 2.05) is 30.3 Å². The smallest absolute Gasteiger partial charge is 0.164 e. The first-order chi connectivity index (χ1) is 26.3. The Kier molecular flexibility index (Phi) is 7.58. The van der Waals surface area contributed by atoms with Crippen molar-refractivity contribution >= 4 is 43.9 Å². The number of hydrogen-bond donors (Lipinski definition) is 0. The van der Waals surface area contributed by atoms with Crippen LogP contribution >= 0.6 is 0 Å². The van der Waals surface area contributed by atoms with Crippen LogP contribution in [0.2, 0.25) is 0 Å². The van der Waals surface area contributed by atoms with Crippen LogP contribution in [-0.2, 0) is 0 Å². The van der Waals surface area contributed by atoms with Gasteiger partial charge in [-0.05, 0) is 63.1 Å². The maximum Gasteiger partial charge on any atom is 0.164 e. The van der Waals surface area contributed by atoms with Crippen LogP contribution in [0.25, 0.3) is 88.9 Å². The molecule has 0 bridgehead atoms. The number of furan rings is 1. The highest BCUT2D eigenvalue weighted by Gasteiger charge is 2.21. The van der Waals surface area contributed by atoms with Gasteiger partial charge in [0.1, 0.15) is 11.2 Å². The minimum Gasteiger partial charge on any atom is -0.455 e. The minimum atomic E-state index is 0.629. The number of nitrogens with zero attached hydrogens (tertiary/aromatic N) is 3. The average Bonchev–Trinajstić information content (AvgIpc) is 3.64. The fraction of sp³-hybridized carbons (Fsp3) is 0.0408. The van der Waals surface area contributed by atoms with Crippen LogP contribution in [0.15, 0.2) is 180 Å². The molecule has 2 heterocycles. The molecule has 4 nitrogen and oxygen atoms in total. The maximum absolute atomic E-state index is 6.79. The topological polar surface area (TPSA) is 51.8 Å². The third-order valence-electron chi connectivity index (χ3n) is 10.3. The van der Waals surface area contributed by atoms with Gasteiger partial charge in [0.05, 0.1) is 0 Å². The number of hydrogen-bond acceptors (Lipinski definition) is 4. The minimum absolute atomic E-state index is 0.629. The van der Waals surface area contributed by atoms with Crippen LogP contribution in [0.1, 0.15) is 24.2 Å². The van der Waals surface area contributed by atoms with Crippen LogP contribution in [0.4, 0.5) is 0 Å². The van der Waals surface area contributed by atoms with Crippen molar-refractivity contribution in [2.24, 2.45) is 0 Å². The summed E-state index contributed by atoms with van der Waals surface area (Å²) in [6, 6.07) is 57.0. The quantitative estimate of drug-likeness (QED) is 0.175. The van der Waals surface area contributed by atoms with E-state index in [-0.39, 0.29) is 0 Å². The molecule has 0 spiro atoms. The number of aromatic nitrogens is 3. The monoisotopic (exact) mass is 679 g/mol. The van der Waals surface area contributed by atoms with Gasteiger partial charge in [-0.15, -0.1) is 0 Å². The molecule has 4 heteroatoms. The van der Waals surface area contributed by atoms with E-state index in [2.05, 4.69) is 146 Å². The molecule has 1 aliphatic carbocycles. The number of benzene rings is 7. The van der Waals surface area contributed by atoms with Crippen molar-refractivity contribution in [2.45, 2.75) is 12.8 Å². The molecule has 9 aromatic rings. The molecule has 0 saturated heterocycles. The molecule has 0 radical (unpaired) electrons. The molecule has 0 unspecified atom stereocenters. The Balaban J connectivity index is 1.14. The van der Waals surface area contributed by atoms with Gasteiger partial charge in [0, 0.05) is 27.5 Å². The number of fused-ring (bicyclic) bond motifs is 4. The molecule has 53 heavy (non-hydrogen) atoms. The average molecular weight is 680 g/mol. The molecule has 0 saturated carbocycles. The normalized spacial score (nSPS) is 13.0. The van der Waals surface area contributed by atoms with Gasteiger partial charge >= 0.3 is 0 Å². The first-order valence-corrected chi connectivity index (χ1v) is 18.1. The molecular formula is C49H33N3O. The van der Waals surface area contributed by atoms with Gasteiger partial charge < -0.3 is 4.42 Å². The Bertz CT molecular complexity index is 2870. The third kappa shape index (κ3) is 5.53. The summed E-state index contributed by atoms with van der Waals surface area (Å²) >= 11 is 0. The van der Waals surface area contributed by atoms with Gasteiger partial charge in [0.25, 0.3) is 0 Å². The SMILES string of the molecule is C1=C(c2ccccc2)CCC(c2nc(-c3ccccc3)nc(-c3cccc4oc5c(-c6ccc(-c7ccccc7)c7ccccc67)cccc5c34)n2)=C1. The molecule has 0 atom stereocenters. The van der Waals surface area contributed by atoms with Gasteiger partial charge in [-0.2, -0.15) is 0 Å². The number of rotatable bonds is 6. The zero-order valence-electron chi connectivity index (χ0n) is 28.9. The summed E-state index contributed by atoms with van der Waals surface area (Å²) in [7, 11) is 0. The van der Waals surface area contributed by atoms with Gasteiger partial charge in [-0.3, -0.25) is 0 Å².